The molecule has 2 aliphatic rings. The van der Waals surface area contributed by atoms with E-state index in [9.17, 15) is 0 Å². The van der Waals surface area contributed by atoms with Crippen LogP contribution in [0.1, 0.15) is 19.3 Å². The van der Waals surface area contributed by atoms with E-state index in [4.69, 9.17) is 0 Å². The van der Waals surface area contributed by atoms with Gasteiger partial charge in [-0.1, -0.05) is 6.07 Å². The van der Waals surface area contributed by atoms with E-state index >= 15 is 0 Å². The molecule has 1 aliphatic carbocycles. The number of benzene rings is 1. The Morgan fingerprint density at radius 3 is 2.78 bits per heavy atom. The first-order valence-electron chi connectivity index (χ1n) is 7.00. The lowest BCUT2D eigenvalue weighted by atomic mass is 10.2. The van der Waals surface area contributed by atoms with Gasteiger partial charge >= 0.3 is 0 Å². The van der Waals surface area contributed by atoms with Crippen molar-refractivity contribution in [2.45, 2.75) is 31.3 Å². The van der Waals surface area contributed by atoms with Gasteiger partial charge in [0.15, 0.2) is 0 Å². The van der Waals surface area contributed by atoms with Gasteiger partial charge in [-0.25, -0.2) is 0 Å². The van der Waals surface area contributed by atoms with Crippen LogP contribution in [-0.2, 0) is 0 Å². The molecule has 18 heavy (non-hydrogen) atoms. The molecule has 3 nitrogen and oxygen atoms in total. The quantitative estimate of drug-likeness (QED) is 0.879. The molecule has 1 atom stereocenters. The Bertz CT molecular complexity index is 412. The summed E-state index contributed by atoms with van der Waals surface area (Å²) in [6.07, 6.45) is 4.12. The normalized spacial score (nSPS) is 24.2. The van der Waals surface area contributed by atoms with E-state index < -0.39 is 0 Å². The molecule has 1 unspecified atom stereocenters. The third kappa shape index (κ3) is 2.61. The highest BCUT2D eigenvalue weighted by Gasteiger charge is 2.34. The summed E-state index contributed by atoms with van der Waals surface area (Å²) in [6.45, 7) is 2.49. The fraction of sp³-hybridized carbons (Fsp3) is 0.600. The van der Waals surface area contributed by atoms with Gasteiger partial charge in [-0.05, 0) is 37.5 Å². The van der Waals surface area contributed by atoms with Gasteiger partial charge in [0.2, 0.25) is 0 Å². The molecular formula is C15H23N3. The molecule has 3 rings (SSSR count). The SMILES string of the molecule is CN(C)c1cccc(NC2CCN(C3CC3)C2)c1. The summed E-state index contributed by atoms with van der Waals surface area (Å²) in [4.78, 5) is 4.80. The highest BCUT2D eigenvalue weighted by Crippen LogP contribution is 2.30. The Balaban J connectivity index is 1.60. The highest BCUT2D eigenvalue weighted by molar-refractivity contribution is 5.57. The molecule has 1 aliphatic heterocycles. The maximum absolute atomic E-state index is 3.68. The van der Waals surface area contributed by atoms with Crippen LogP contribution >= 0.6 is 0 Å². The van der Waals surface area contributed by atoms with Crippen molar-refractivity contribution < 1.29 is 0 Å². The maximum Gasteiger partial charge on any atom is 0.0400 e. The molecule has 1 heterocycles. The lowest BCUT2D eigenvalue weighted by molar-refractivity contribution is 0.326. The molecular weight excluding hydrogens is 222 g/mol. The van der Waals surface area contributed by atoms with Gasteiger partial charge in [0.1, 0.15) is 0 Å². The predicted octanol–water partition coefficient (Wildman–Crippen LogP) is 2.40. The lowest BCUT2D eigenvalue weighted by Crippen LogP contribution is -2.27. The molecule has 2 fully saturated rings. The van der Waals surface area contributed by atoms with E-state index in [0.717, 1.165) is 6.04 Å². The Kier molecular flexibility index (Phi) is 3.16. The zero-order chi connectivity index (χ0) is 12.5. The van der Waals surface area contributed by atoms with Crippen LogP contribution in [0.2, 0.25) is 0 Å². The Labute approximate surface area is 110 Å². The van der Waals surface area contributed by atoms with Gasteiger partial charge in [-0.15, -0.1) is 0 Å². The number of nitrogens with one attached hydrogen (secondary N) is 1. The van der Waals surface area contributed by atoms with Crippen LogP contribution in [0.15, 0.2) is 24.3 Å². The average molecular weight is 245 g/mol. The summed E-state index contributed by atoms with van der Waals surface area (Å²) in [6, 6.07) is 10.2. The second kappa shape index (κ2) is 4.81. The molecule has 98 valence electrons. The average Bonchev–Trinajstić information content (AvgIpc) is 3.11. The van der Waals surface area contributed by atoms with Crippen LogP contribution in [0.25, 0.3) is 0 Å². The van der Waals surface area contributed by atoms with Crippen molar-refractivity contribution in [2.75, 3.05) is 37.4 Å². The van der Waals surface area contributed by atoms with Gasteiger partial charge in [0, 0.05) is 50.6 Å². The standard InChI is InChI=1S/C15H23N3/c1-17(2)15-5-3-4-12(10-15)16-13-8-9-18(11-13)14-6-7-14/h3-5,10,13-14,16H,6-9,11H2,1-2H3. The summed E-state index contributed by atoms with van der Waals surface area (Å²) in [5.74, 6) is 0. The fourth-order valence-electron chi connectivity index (χ4n) is 2.79. The number of anilines is 2. The van der Waals surface area contributed by atoms with Crippen molar-refractivity contribution in [3.8, 4) is 0 Å². The zero-order valence-electron chi connectivity index (χ0n) is 11.4. The molecule has 3 heteroatoms. The largest absolute Gasteiger partial charge is 0.381 e. The third-order valence-corrected chi connectivity index (χ3v) is 4.02. The predicted molar refractivity (Wildman–Crippen MR) is 77.4 cm³/mol. The molecule has 0 aromatic heterocycles. The Hall–Kier alpha value is -1.22. The molecule has 1 aromatic rings. The molecule has 1 saturated carbocycles. The lowest BCUT2D eigenvalue weighted by Gasteiger charge is -2.18. The first kappa shape index (κ1) is 11.8. The van der Waals surface area contributed by atoms with Gasteiger partial charge < -0.3 is 10.2 Å². The molecule has 0 spiro atoms. The van der Waals surface area contributed by atoms with Crippen molar-refractivity contribution in [2.24, 2.45) is 0 Å². The van der Waals surface area contributed by atoms with E-state index in [1.54, 1.807) is 0 Å². The molecule has 1 aromatic carbocycles. The summed E-state index contributed by atoms with van der Waals surface area (Å²) >= 11 is 0. The molecule has 0 radical (unpaired) electrons. The first-order valence-corrected chi connectivity index (χ1v) is 7.00. The summed E-state index contributed by atoms with van der Waals surface area (Å²) in [5, 5.41) is 3.68. The van der Waals surface area contributed by atoms with Crippen LogP contribution in [-0.4, -0.2) is 44.2 Å². The van der Waals surface area contributed by atoms with E-state index in [2.05, 4.69) is 53.5 Å². The van der Waals surface area contributed by atoms with Crippen LogP contribution in [0, 0.1) is 0 Å². The zero-order valence-corrected chi connectivity index (χ0v) is 11.4. The Morgan fingerprint density at radius 2 is 2.06 bits per heavy atom. The van der Waals surface area contributed by atoms with Gasteiger partial charge in [-0.3, -0.25) is 4.90 Å². The van der Waals surface area contributed by atoms with Crippen LogP contribution in [0.4, 0.5) is 11.4 Å². The highest BCUT2D eigenvalue weighted by atomic mass is 15.2. The maximum atomic E-state index is 3.68. The van der Waals surface area contributed by atoms with E-state index in [-0.39, 0.29) is 0 Å². The van der Waals surface area contributed by atoms with Crippen molar-refractivity contribution >= 4 is 11.4 Å². The second-order valence-electron chi connectivity index (χ2n) is 5.80. The first-order chi connectivity index (χ1) is 8.72. The summed E-state index contributed by atoms with van der Waals surface area (Å²) in [7, 11) is 4.17. The smallest absolute Gasteiger partial charge is 0.0400 e. The minimum absolute atomic E-state index is 0.628. The molecule has 0 bridgehead atoms. The molecule has 0 amide bonds. The summed E-state index contributed by atoms with van der Waals surface area (Å²) in [5.41, 5.74) is 2.51. The van der Waals surface area contributed by atoms with Crippen molar-refractivity contribution in [3.63, 3.8) is 0 Å². The fourth-order valence-corrected chi connectivity index (χ4v) is 2.79. The minimum atomic E-state index is 0.628. The van der Waals surface area contributed by atoms with Crippen molar-refractivity contribution in [1.82, 2.24) is 4.90 Å². The van der Waals surface area contributed by atoms with Gasteiger partial charge in [0.05, 0.1) is 0 Å². The molecule has 1 N–H and O–H groups in total. The van der Waals surface area contributed by atoms with Crippen molar-refractivity contribution in [1.29, 1.82) is 0 Å². The third-order valence-electron chi connectivity index (χ3n) is 4.02. The monoisotopic (exact) mass is 245 g/mol. The number of nitrogens with zero attached hydrogens (tertiary/aromatic N) is 2. The van der Waals surface area contributed by atoms with E-state index in [0.29, 0.717) is 6.04 Å². The van der Waals surface area contributed by atoms with Gasteiger partial charge in [-0.2, -0.15) is 0 Å². The topological polar surface area (TPSA) is 18.5 Å². The second-order valence-corrected chi connectivity index (χ2v) is 5.80. The Morgan fingerprint density at radius 1 is 1.22 bits per heavy atom. The van der Waals surface area contributed by atoms with Crippen molar-refractivity contribution in [3.05, 3.63) is 24.3 Å². The number of likely N-dealkylation sites (tertiary alicyclic amines) is 1. The van der Waals surface area contributed by atoms with Crippen LogP contribution in [0.3, 0.4) is 0 Å². The van der Waals surface area contributed by atoms with Crippen LogP contribution < -0.4 is 10.2 Å². The molecule has 1 saturated heterocycles. The number of hydrogen-bond acceptors (Lipinski definition) is 3. The van der Waals surface area contributed by atoms with Gasteiger partial charge in [0.25, 0.3) is 0 Å². The number of rotatable bonds is 4. The van der Waals surface area contributed by atoms with Crippen LogP contribution in [0.5, 0.6) is 0 Å². The van der Waals surface area contributed by atoms with E-state index in [1.165, 1.54) is 43.7 Å². The number of hydrogen-bond donors (Lipinski definition) is 1. The summed E-state index contributed by atoms with van der Waals surface area (Å²) < 4.78 is 0. The minimum Gasteiger partial charge on any atom is -0.381 e. The van der Waals surface area contributed by atoms with E-state index in [1.807, 2.05) is 0 Å².